The number of aromatic amines is 1. The van der Waals surface area contributed by atoms with Crippen LogP contribution in [-0.4, -0.2) is 21.3 Å². The smallest absolute Gasteiger partial charge is 0.303 e. The van der Waals surface area contributed by atoms with E-state index in [1.54, 1.807) is 6.07 Å². The molecule has 0 unspecified atom stereocenters. The fourth-order valence-electron chi connectivity index (χ4n) is 1.46. The number of nitrogens with zero attached hydrogens (tertiary/aromatic N) is 1. The van der Waals surface area contributed by atoms with Gasteiger partial charge in [0.1, 0.15) is 5.82 Å². The monoisotopic (exact) mass is 208 g/mol. The number of carboxylic acid groups (broad SMARTS) is 1. The largest absolute Gasteiger partial charge is 0.481 e. The van der Waals surface area contributed by atoms with Crippen LogP contribution in [0.4, 0.5) is 4.39 Å². The summed E-state index contributed by atoms with van der Waals surface area (Å²) in [5.41, 5.74) is 1.25. The maximum absolute atomic E-state index is 12.8. The number of aliphatic carboxylic acids is 1. The highest BCUT2D eigenvalue weighted by atomic mass is 19.1. The first-order chi connectivity index (χ1) is 7.16. The van der Waals surface area contributed by atoms with Gasteiger partial charge in [0.2, 0.25) is 0 Å². The number of nitrogens with one attached hydrogen (secondary N) is 1. The second-order valence-corrected chi connectivity index (χ2v) is 3.26. The molecule has 2 N–H and O–H groups in total. The summed E-state index contributed by atoms with van der Waals surface area (Å²) in [4.78, 5) is 10.4. The molecule has 0 spiro atoms. The van der Waals surface area contributed by atoms with Crippen LogP contribution in [0.2, 0.25) is 0 Å². The summed E-state index contributed by atoms with van der Waals surface area (Å²) in [6.45, 7) is 0. The molecule has 0 aliphatic heterocycles. The maximum atomic E-state index is 12.8. The third-order valence-corrected chi connectivity index (χ3v) is 2.19. The normalized spacial score (nSPS) is 10.7. The van der Waals surface area contributed by atoms with Crippen LogP contribution in [0.1, 0.15) is 12.1 Å². The summed E-state index contributed by atoms with van der Waals surface area (Å²) in [6.07, 6.45) is 0.409. The molecule has 0 fully saturated rings. The van der Waals surface area contributed by atoms with Crippen LogP contribution >= 0.6 is 0 Å². The zero-order valence-corrected chi connectivity index (χ0v) is 7.83. The fraction of sp³-hybridized carbons (Fsp3) is 0.200. The molecule has 0 saturated heterocycles. The molecule has 0 aliphatic carbocycles. The van der Waals surface area contributed by atoms with Gasteiger partial charge in [-0.1, -0.05) is 0 Å². The summed E-state index contributed by atoms with van der Waals surface area (Å²) in [6, 6.07) is 4.25. The molecule has 1 heterocycles. The van der Waals surface area contributed by atoms with Gasteiger partial charge in [-0.2, -0.15) is 5.10 Å². The zero-order chi connectivity index (χ0) is 10.8. The number of fused-ring (bicyclic) bond motifs is 1. The zero-order valence-electron chi connectivity index (χ0n) is 7.83. The molecule has 0 amide bonds. The second-order valence-electron chi connectivity index (χ2n) is 3.26. The molecule has 1 aromatic carbocycles. The van der Waals surface area contributed by atoms with Crippen LogP contribution in [0.25, 0.3) is 10.9 Å². The molecule has 1 aromatic heterocycles. The minimum Gasteiger partial charge on any atom is -0.481 e. The van der Waals surface area contributed by atoms with Crippen LogP contribution in [0.5, 0.6) is 0 Å². The molecular weight excluding hydrogens is 199 g/mol. The van der Waals surface area contributed by atoms with Gasteiger partial charge in [-0.25, -0.2) is 4.39 Å². The first-order valence-corrected chi connectivity index (χ1v) is 4.51. The van der Waals surface area contributed by atoms with Gasteiger partial charge >= 0.3 is 5.97 Å². The molecule has 78 valence electrons. The Morgan fingerprint density at radius 3 is 3.07 bits per heavy atom. The van der Waals surface area contributed by atoms with Crippen molar-refractivity contribution in [2.24, 2.45) is 0 Å². The van der Waals surface area contributed by atoms with Gasteiger partial charge in [0, 0.05) is 23.6 Å². The number of aryl methyl sites for hydroxylation is 1. The summed E-state index contributed by atoms with van der Waals surface area (Å²) in [5.74, 6) is -1.21. The quantitative estimate of drug-likeness (QED) is 0.807. The van der Waals surface area contributed by atoms with E-state index in [1.165, 1.54) is 12.1 Å². The Morgan fingerprint density at radius 1 is 1.53 bits per heavy atom. The number of H-pyrrole nitrogens is 1. The van der Waals surface area contributed by atoms with Crippen molar-refractivity contribution in [1.82, 2.24) is 10.2 Å². The van der Waals surface area contributed by atoms with Crippen molar-refractivity contribution in [3.8, 4) is 0 Å². The van der Waals surface area contributed by atoms with E-state index in [0.29, 0.717) is 11.9 Å². The van der Waals surface area contributed by atoms with Crippen LogP contribution < -0.4 is 0 Å². The third-order valence-electron chi connectivity index (χ3n) is 2.19. The van der Waals surface area contributed by atoms with Crippen molar-refractivity contribution in [3.05, 3.63) is 29.7 Å². The molecule has 5 heteroatoms. The molecule has 0 bridgehead atoms. The second kappa shape index (κ2) is 3.68. The number of carbonyl (C=O) groups is 1. The van der Waals surface area contributed by atoms with E-state index in [-0.39, 0.29) is 12.2 Å². The molecule has 2 aromatic rings. The number of halogens is 1. The summed E-state index contributed by atoms with van der Waals surface area (Å²) in [5, 5.41) is 15.9. The Kier molecular flexibility index (Phi) is 2.37. The van der Waals surface area contributed by atoms with Gasteiger partial charge in [0.25, 0.3) is 0 Å². The number of rotatable bonds is 3. The lowest BCUT2D eigenvalue weighted by molar-refractivity contribution is -0.136. The van der Waals surface area contributed by atoms with E-state index < -0.39 is 5.97 Å². The van der Waals surface area contributed by atoms with Crippen molar-refractivity contribution in [2.45, 2.75) is 12.8 Å². The average Bonchev–Trinajstić information content (AvgIpc) is 2.57. The molecule has 0 atom stereocenters. The van der Waals surface area contributed by atoms with E-state index in [0.717, 1.165) is 11.1 Å². The lowest BCUT2D eigenvalue weighted by Gasteiger charge is -1.94. The van der Waals surface area contributed by atoms with Crippen molar-refractivity contribution >= 4 is 16.9 Å². The van der Waals surface area contributed by atoms with Gasteiger partial charge in [-0.15, -0.1) is 0 Å². The first kappa shape index (κ1) is 9.64. The Labute approximate surface area is 84.7 Å². The molecule has 0 saturated carbocycles. The molecule has 2 rings (SSSR count). The Bertz CT molecular complexity index is 507. The topological polar surface area (TPSA) is 66.0 Å². The molecule has 0 radical (unpaired) electrons. The van der Waals surface area contributed by atoms with Crippen molar-refractivity contribution in [2.75, 3.05) is 0 Å². The predicted octanol–water partition coefficient (Wildman–Crippen LogP) is 1.72. The fourth-order valence-corrected chi connectivity index (χ4v) is 1.46. The van der Waals surface area contributed by atoms with Crippen molar-refractivity contribution < 1.29 is 14.3 Å². The number of hydrogen-bond acceptors (Lipinski definition) is 2. The van der Waals surface area contributed by atoms with Crippen molar-refractivity contribution in [1.29, 1.82) is 0 Å². The Hall–Kier alpha value is -1.91. The van der Waals surface area contributed by atoms with Gasteiger partial charge in [0.15, 0.2) is 0 Å². The SMILES string of the molecule is O=C(O)CCc1[nH]nc2cc(F)ccc12. The van der Waals surface area contributed by atoms with Crippen LogP contribution in [-0.2, 0) is 11.2 Å². The summed E-state index contributed by atoms with van der Waals surface area (Å²) >= 11 is 0. The van der Waals surface area contributed by atoms with E-state index in [9.17, 15) is 9.18 Å². The number of benzene rings is 1. The maximum Gasteiger partial charge on any atom is 0.303 e. The molecule has 15 heavy (non-hydrogen) atoms. The number of carboxylic acids is 1. The van der Waals surface area contributed by atoms with Crippen molar-refractivity contribution in [3.63, 3.8) is 0 Å². The Morgan fingerprint density at radius 2 is 2.33 bits per heavy atom. The number of hydrogen-bond donors (Lipinski definition) is 2. The number of aromatic nitrogens is 2. The Balaban J connectivity index is 2.32. The highest BCUT2D eigenvalue weighted by Crippen LogP contribution is 2.17. The summed E-state index contributed by atoms with van der Waals surface area (Å²) < 4.78 is 12.8. The van der Waals surface area contributed by atoms with Gasteiger partial charge in [-0.3, -0.25) is 9.89 Å². The summed E-state index contributed by atoms with van der Waals surface area (Å²) in [7, 11) is 0. The van der Waals surface area contributed by atoms with Crippen LogP contribution in [0, 0.1) is 5.82 Å². The standard InChI is InChI=1S/C10H9FN2O2/c11-6-1-2-7-8(3-4-10(14)15)12-13-9(7)5-6/h1-2,5H,3-4H2,(H,12,13)(H,14,15). The first-order valence-electron chi connectivity index (χ1n) is 4.51. The van der Waals surface area contributed by atoms with E-state index in [4.69, 9.17) is 5.11 Å². The molecule has 0 aliphatic rings. The van der Waals surface area contributed by atoms with E-state index in [1.807, 2.05) is 0 Å². The molecular formula is C10H9FN2O2. The van der Waals surface area contributed by atoms with E-state index >= 15 is 0 Å². The van der Waals surface area contributed by atoms with Crippen LogP contribution in [0.15, 0.2) is 18.2 Å². The lowest BCUT2D eigenvalue weighted by atomic mass is 10.1. The lowest BCUT2D eigenvalue weighted by Crippen LogP contribution is -1.97. The van der Waals surface area contributed by atoms with Crippen LogP contribution in [0.3, 0.4) is 0 Å². The van der Waals surface area contributed by atoms with Gasteiger partial charge < -0.3 is 5.11 Å². The van der Waals surface area contributed by atoms with E-state index in [2.05, 4.69) is 10.2 Å². The van der Waals surface area contributed by atoms with Gasteiger partial charge in [0.05, 0.1) is 11.9 Å². The third kappa shape index (κ3) is 1.96. The van der Waals surface area contributed by atoms with Gasteiger partial charge in [-0.05, 0) is 12.1 Å². The minimum absolute atomic E-state index is 0.0364. The highest BCUT2D eigenvalue weighted by Gasteiger charge is 2.07. The average molecular weight is 208 g/mol. The highest BCUT2D eigenvalue weighted by molar-refractivity contribution is 5.81. The predicted molar refractivity (Wildman–Crippen MR) is 52.0 cm³/mol. The minimum atomic E-state index is -0.861. The molecule has 4 nitrogen and oxygen atoms in total.